The zero-order chi connectivity index (χ0) is 21.3. The predicted octanol–water partition coefficient (Wildman–Crippen LogP) is 4.90. The third-order valence-corrected chi connectivity index (χ3v) is 5.48. The second-order valence-corrected chi connectivity index (χ2v) is 7.66. The summed E-state index contributed by atoms with van der Waals surface area (Å²) in [6.07, 6.45) is 0. The summed E-state index contributed by atoms with van der Waals surface area (Å²) >= 11 is 1.36. The Morgan fingerprint density at radius 3 is 2.13 bits per heavy atom. The number of esters is 1. The molecule has 6 heteroatoms. The van der Waals surface area contributed by atoms with Gasteiger partial charge < -0.3 is 10.1 Å². The molecule has 5 nitrogen and oxygen atoms in total. The minimum Gasteiger partial charge on any atom is -0.454 e. The fourth-order valence-electron chi connectivity index (χ4n) is 2.81. The van der Waals surface area contributed by atoms with E-state index in [4.69, 9.17) is 4.74 Å². The summed E-state index contributed by atoms with van der Waals surface area (Å²) < 4.78 is 5.31. The minimum atomic E-state index is -0.606. The molecule has 1 N–H and O–H groups in total. The van der Waals surface area contributed by atoms with Crippen LogP contribution in [-0.2, 0) is 14.3 Å². The van der Waals surface area contributed by atoms with Crippen LogP contribution in [0.3, 0.4) is 0 Å². The van der Waals surface area contributed by atoms with Crippen molar-refractivity contribution in [2.45, 2.75) is 17.1 Å². The maximum absolute atomic E-state index is 12.8. The smallest absolute Gasteiger partial charge is 0.324 e. The van der Waals surface area contributed by atoms with E-state index in [0.717, 1.165) is 10.5 Å². The molecule has 0 heterocycles. The number of hydrogen-bond acceptors (Lipinski definition) is 5. The summed E-state index contributed by atoms with van der Waals surface area (Å²) in [6, 6.07) is 25.5. The van der Waals surface area contributed by atoms with E-state index in [-0.39, 0.29) is 5.78 Å². The van der Waals surface area contributed by atoms with Crippen molar-refractivity contribution < 1.29 is 19.1 Å². The molecule has 0 bridgehead atoms. The molecule has 3 aromatic rings. The fraction of sp³-hybridized carbons (Fsp3) is 0.125. The van der Waals surface area contributed by atoms with Gasteiger partial charge in [0.1, 0.15) is 5.25 Å². The number of carbonyl (C=O) groups is 3. The molecule has 0 aliphatic heterocycles. The first kappa shape index (κ1) is 21.3. The molecule has 1 amide bonds. The van der Waals surface area contributed by atoms with E-state index in [2.05, 4.69) is 5.32 Å². The van der Waals surface area contributed by atoms with Crippen LogP contribution in [0.2, 0.25) is 0 Å². The van der Waals surface area contributed by atoms with E-state index in [1.807, 2.05) is 60.7 Å². The second kappa shape index (κ2) is 10.4. The van der Waals surface area contributed by atoms with Crippen molar-refractivity contribution >= 4 is 35.1 Å². The van der Waals surface area contributed by atoms with Crippen LogP contribution in [0.15, 0.2) is 89.8 Å². The minimum absolute atomic E-state index is 0.161. The van der Waals surface area contributed by atoms with Gasteiger partial charge in [0.2, 0.25) is 0 Å². The Kier molecular flexibility index (Phi) is 7.40. The van der Waals surface area contributed by atoms with Gasteiger partial charge in [-0.05, 0) is 36.8 Å². The molecule has 0 saturated heterocycles. The monoisotopic (exact) mass is 419 g/mol. The van der Waals surface area contributed by atoms with Gasteiger partial charge >= 0.3 is 5.97 Å². The molecule has 0 aromatic heterocycles. The number of amides is 1. The number of carbonyl (C=O) groups excluding carboxylic acids is 3. The highest BCUT2D eigenvalue weighted by Gasteiger charge is 2.24. The number of anilines is 1. The van der Waals surface area contributed by atoms with Gasteiger partial charge in [-0.15, -0.1) is 11.8 Å². The molecule has 0 aliphatic carbocycles. The molecular weight excluding hydrogens is 398 g/mol. The van der Waals surface area contributed by atoms with E-state index in [9.17, 15) is 14.4 Å². The lowest BCUT2D eigenvalue weighted by molar-refractivity contribution is -0.146. The van der Waals surface area contributed by atoms with Crippen LogP contribution in [0.25, 0.3) is 0 Å². The first-order valence-electron chi connectivity index (χ1n) is 9.37. The molecule has 30 heavy (non-hydrogen) atoms. The number of ether oxygens (including phenoxy) is 1. The Morgan fingerprint density at radius 1 is 0.867 bits per heavy atom. The van der Waals surface area contributed by atoms with Crippen LogP contribution in [0, 0.1) is 0 Å². The van der Waals surface area contributed by atoms with Crippen molar-refractivity contribution in [3.63, 3.8) is 0 Å². The van der Waals surface area contributed by atoms with Gasteiger partial charge in [-0.2, -0.15) is 0 Å². The average molecular weight is 420 g/mol. The van der Waals surface area contributed by atoms with E-state index in [1.165, 1.54) is 18.7 Å². The molecule has 3 rings (SSSR count). The summed E-state index contributed by atoms with van der Waals surface area (Å²) in [4.78, 5) is 37.7. The largest absolute Gasteiger partial charge is 0.454 e. The number of para-hydroxylation sites is 1. The van der Waals surface area contributed by atoms with E-state index in [0.29, 0.717) is 11.3 Å². The highest BCUT2D eigenvalue weighted by molar-refractivity contribution is 8.00. The lowest BCUT2D eigenvalue weighted by Crippen LogP contribution is -2.23. The van der Waals surface area contributed by atoms with Crippen LogP contribution in [0.1, 0.15) is 28.1 Å². The fourth-order valence-corrected chi connectivity index (χ4v) is 3.86. The molecule has 1 atom stereocenters. The van der Waals surface area contributed by atoms with Crippen molar-refractivity contribution in [2.24, 2.45) is 0 Å². The van der Waals surface area contributed by atoms with Gasteiger partial charge in [0.15, 0.2) is 12.4 Å². The number of thioether (sulfide) groups is 1. The number of hydrogen-bond donors (Lipinski definition) is 1. The highest BCUT2D eigenvalue weighted by atomic mass is 32.2. The molecule has 152 valence electrons. The number of rotatable bonds is 8. The van der Waals surface area contributed by atoms with Crippen LogP contribution < -0.4 is 5.32 Å². The number of Topliss-reactive ketones (excluding diaryl/α,β-unsaturated/α-hetero) is 1. The quantitative estimate of drug-likeness (QED) is 0.319. The van der Waals surface area contributed by atoms with Crippen molar-refractivity contribution in [3.8, 4) is 0 Å². The first-order valence-corrected chi connectivity index (χ1v) is 10.3. The van der Waals surface area contributed by atoms with E-state index < -0.39 is 23.7 Å². The topological polar surface area (TPSA) is 72.5 Å². The Morgan fingerprint density at radius 2 is 1.47 bits per heavy atom. The van der Waals surface area contributed by atoms with Gasteiger partial charge in [0.05, 0.1) is 5.69 Å². The predicted molar refractivity (Wildman–Crippen MR) is 118 cm³/mol. The Balaban J connectivity index is 1.67. The van der Waals surface area contributed by atoms with Gasteiger partial charge in [-0.3, -0.25) is 14.4 Å². The van der Waals surface area contributed by atoms with Crippen LogP contribution in [0.5, 0.6) is 0 Å². The SMILES string of the molecule is CC(=O)c1ccccc1NC(=O)COC(=O)[C@@H](Sc1ccccc1)c1ccccc1. The van der Waals surface area contributed by atoms with Gasteiger partial charge in [-0.1, -0.05) is 60.7 Å². The summed E-state index contributed by atoms with van der Waals surface area (Å²) in [5, 5.41) is 2.03. The lowest BCUT2D eigenvalue weighted by Gasteiger charge is -2.16. The van der Waals surface area contributed by atoms with Crippen molar-refractivity contribution in [3.05, 3.63) is 96.1 Å². The van der Waals surface area contributed by atoms with E-state index >= 15 is 0 Å². The Bertz CT molecular complexity index is 1020. The highest BCUT2D eigenvalue weighted by Crippen LogP contribution is 2.36. The van der Waals surface area contributed by atoms with Crippen molar-refractivity contribution in [1.82, 2.24) is 0 Å². The van der Waals surface area contributed by atoms with Gasteiger partial charge in [0.25, 0.3) is 5.91 Å². The molecule has 0 fully saturated rings. The maximum Gasteiger partial charge on any atom is 0.324 e. The molecule has 0 unspecified atom stereocenters. The van der Waals surface area contributed by atoms with Crippen LogP contribution in [0.4, 0.5) is 5.69 Å². The Hall–Kier alpha value is -3.38. The third-order valence-electron chi connectivity index (χ3n) is 4.24. The third kappa shape index (κ3) is 5.81. The van der Waals surface area contributed by atoms with E-state index in [1.54, 1.807) is 24.3 Å². The van der Waals surface area contributed by atoms with Crippen molar-refractivity contribution in [2.75, 3.05) is 11.9 Å². The normalized spacial score (nSPS) is 11.4. The summed E-state index contributed by atoms with van der Waals surface area (Å²) in [6.45, 7) is 0.986. The lowest BCUT2D eigenvalue weighted by atomic mass is 10.1. The molecule has 3 aromatic carbocycles. The molecule has 0 saturated carbocycles. The molecule has 0 radical (unpaired) electrons. The Labute approximate surface area is 179 Å². The molecule has 0 spiro atoms. The standard InChI is InChI=1S/C24H21NO4S/c1-17(26)20-14-8-9-15-21(20)25-22(27)16-29-24(28)23(18-10-4-2-5-11-18)30-19-12-6-3-7-13-19/h2-15,23H,16H2,1H3,(H,25,27)/t23-/m0/s1. The number of benzene rings is 3. The number of ketones is 1. The molecular formula is C24H21NO4S. The zero-order valence-corrected chi connectivity index (χ0v) is 17.2. The second-order valence-electron chi connectivity index (χ2n) is 6.48. The zero-order valence-electron chi connectivity index (χ0n) is 16.4. The summed E-state index contributed by atoms with van der Waals surface area (Å²) in [5.74, 6) is -1.18. The van der Waals surface area contributed by atoms with Gasteiger partial charge in [0, 0.05) is 10.5 Å². The molecule has 0 aliphatic rings. The average Bonchev–Trinajstić information content (AvgIpc) is 2.77. The van der Waals surface area contributed by atoms with Gasteiger partial charge in [-0.25, -0.2) is 0 Å². The first-order chi connectivity index (χ1) is 14.5. The van der Waals surface area contributed by atoms with Crippen molar-refractivity contribution in [1.29, 1.82) is 0 Å². The number of nitrogens with one attached hydrogen (secondary N) is 1. The summed E-state index contributed by atoms with van der Waals surface area (Å²) in [5.41, 5.74) is 1.59. The van der Waals surface area contributed by atoms with Crippen LogP contribution >= 0.6 is 11.8 Å². The van der Waals surface area contributed by atoms with Crippen LogP contribution in [-0.4, -0.2) is 24.3 Å². The summed E-state index contributed by atoms with van der Waals surface area (Å²) in [7, 11) is 0. The maximum atomic E-state index is 12.8.